The van der Waals surface area contributed by atoms with Crippen molar-refractivity contribution in [2.75, 3.05) is 25.5 Å². The monoisotopic (exact) mass is 324 g/mol. The molecule has 2 amide bonds. The van der Waals surface area contributed by atoms with Crippen LogP contribution in [0, 0.1) is 11.2 Å². The number of carboxylic acid groups (broad SMARTS) is 1. The van der Waals surface area contributed by atoms with E-state index in [1.54, 1.807) is 6.92 Å². The smallest absolute Gasteiger partial charge is 0.340 e. The summed E-state index contributed by atoms with van der Waals surface area (Å²) < 4.78 is 18.2. The van der Waals surface area contributed by atoms with E-state index in [1.165, 1.54) is 17.0 Å². The van der Waals surface area contributed by atoms with E-state index in [2.05, 4.69) is 10.1 Å². The van der Waals surface area contributed by atoms with Crippen molar-refractivity contribution in [1.29, 1.82) is 0 Å². The number of nitrogens with zero attached hydrogens (tertiary/aromatic N) is 1. The number of methoxy groups -OCH3 is 1. The highest BCUT2D eigenvalue weighted by Crippen LogP contribution is 2.30. The van der Waals surface area contributed by atoms with Gasteiger partial charge in [0, 0.05) is 18.8 Å². The lowest BCUT2D eigenvalue weighted by molar-refractivity contribution is -0.146. The van der Waals surface area contributed by atoms with Gasteiger partial charge in [-0.15, -0.1) is 0 Å². The summed E-state index contributed by atoms with van der Waals surface area (Å²) in [5, 5.41) is 11.6. The maximum absolute atomic E-state index is 13.8. The number of carbonyl (C=O) groups is 3. The van der Waals surface area contributed by atoms with Crippen LogP contribution in [0.1, 0.15) is 23.7 Å². The van der Waals surface area contributed by atoms with Crippen molar-refractivity contribution in [1.82, 2.24) is 4.90 Å². The molecule has 0 bridgehead atoms. The first kappa shape index (κ1) is 16.7. The molecule has 1 aliphatic rings. The van der Waals surface area contributed by atoms with Gasteiger partial charge in [0.15, 0.2) is 0 Å². The van der Waals surface area contributed by atoms with Crippen LogP contribution in [0.2, 0.25) is 0 Å². The number of aliphatic carboxylic acids is 1. The van der Waals surface area contributed by atoms with E-state index >= 15 is 0 Å². The highest BCUT2D eigenvalue weighted by Gasteiger charge is 2.42. The lowest BCUT2D eigenvalue weighted by Crippen LogP contribution is -2.37. The zero-order valence-corrected chi connectivity index (χ0v) is 12.8. The number of halogens is 1. The number of urea groups is 1. The zero-order valence-electron chi connectivity index (χ0n) is 12.8. The number of ether oxygens (including phenoxy) is 1. The first-order valence-corrected chi connectivity index (χ1v) is 6.94. The number of nitrogens with one attached hydrogen (secondary N) is 1. The average molecular weight is 324 g/mol. The first-order valence-electron chi connectivity index (χ1n) is 6.94. The molecular weight excluding hydrogens is 307 g/mol. The third-order valence-electron chi connectivity index (χ3n) is 3.90. The van der Waals surface area contributed by atoms with Gasteiger partial charge in [0.25, 0.3) is 0 Å². The molecule has 124 valence electrons. The van der Waals surface area contributed by atoms with Crippen molar-refractivity contribution in [3.05, 3.63) is 29.6 Å². The molecule has 1 aromatic rings. The molecule has 0 saturated carbocycles. The van der Waals surface area contributed by atoms with Gasteiger partial charge < -0.3 is 20.1 Å². The maximum Gasteiger partial charge on any atom is 0.340 e. The SMILES string of the molecule is COC(=O)c1ccc(NC(=O)N2CCC(C)(C(=O)O)C2)cc1F. The topological polar surface area (TPSA) is 95.9 Å². The van der Waals surface area contributed by atoms with E-state index in [0.29, 0.717) is 13.0 Å². The van der Waals surface area contributed by atoms with Crippen LogP contribution in [0.25, 0.3) is 0 Å². The molecule has 1 atom stereocenters. The fourth-order valence-corrected chi connectivity index (χ4v) is 2.38. The van der Waals surface area contributed by atoms with Gasteiger partial charge in [-0.1, -0.05) is 0 Å². The Morgan fingerprint density at radius 1 is 1.39 bits per heavy atom. The van der Waals surface area contributed by atoms with E-state index in [4.69, 9.17) is 5.11 Å². The summed E-state index contributed by atoms with van der Waals surface area (Å²) in [4.78, 5) is 36.0. The number of anilines is 1. The number of carbonyl (C=O) groups excluding carboxylic acids is 2. The molecule has 7 nitrogen and oxygen atoms in total. The minimum Gasteiger partial charge on any atom is -0.481 e. The number of carboxylic acids is 1. The Hall–Kier alpha value is -2.64. The second-order valence-corrected chi connectivity index (χ2v) is 5.65. The second-order valence-electron chi connectivity index (χ2n) is 5.65. The number of likely N-dealkylation sites (tertiary alicyclic amines) is 1. The summed E-state index contributed by atoms with van der Waals surface area (Å²) in [6.45, 7) is 1.96. The van der Waals surface area contributed by atoms with E-state index in [-0.39, 0.29) is 17.8 Å². The van der Waals surface area contributed by atoms with Gasteiger partial charge in [0.05, 0.1) is 18.1 Å². The molecule has 1 saturated heterocycles. The maximum atomic E-state index is 13.8. The van der Waals surface area contributed by atoms with Gasteiger partial charge in [-0.2, -0.15) is 0 Å². The van der Waals surface area contributed by atoms with Crippen LogP contribution in [-0.2, 0) is 9.53 Å². The van der Waals surface area contributed by atoms with E-state index < -0.39 is 29.2 Å². The Labute approximate surface area is 132 Å². The number of amides is 2. The molecule has 0 aliphatic carbocycles. The third-order valence-corrected chi connectivity index (χ3v) is 3.90. The average Bonchev–Trinajstić information content (AvgIpc) is 2.91. The predicted molar refractivity (Wildman–Crippen MR) is 78.7 cm³/mol. The molecule has 1 unspecified atom stereocenters. The van der Waals surface area contributed by atoms with E-state index in [1.807, 2.05) is 0 Å². The van der Waals surface area contributed by atoms with Crippen LogP contribution in [0.5, 0.6) is 0 Å². The molecule has 1 fully saturated rings. The van der Waals surface area contributed by atoms with Crippen LogP contribution in [0.15, 0.2) is 18.2 Å². The number of esters is 1. The summed E-state index contributed by atoms with van der Waals surface area (Å²) in [5.41, 5.74) is -1.04. The molecule has 2 N–H and O–H groups in total. The van der Waals surface area contributed by atoms with Crippen LogP contribution in [0.3, 0.4) is 0 Å². The Morgan fingerprint density at radius 2 is 2.09 bits per heavy atom. The molecule has 1 heterocycles. The lowest BCUT2D eigenvalue weighted by atomic mass is 9.90. The second kappa shape index (κ2) is 6.23. The molecule has 2 rings (SSSR count). The number of benzene rings is 1. The standard InChI is InChI=1S/C15H17FN2O5/c1-15(13(20)21)5-6-18(8-15)14(22)17-9-3-4-10(11(16)7-9)12(19)23-2/h3-4,7H,5-6,8H2,1-2H3,(H,17,22)(H,20,21). The van der Waals surface area contributed by atoms with Crippen molar-refractivity contribution in [3.8, 4) is 0 Å². The summed E-state index contributed by atoms with van der Waals surface area (Å²) in [5.74, 6) is -2.58. The van der Waals surface area contributed by atoms with Crippen molar-refractivity contribution in [2.24, 2.45) is 5.41 Å². The fraction of sp³-hybridized carbons (Fsp3) is 0.400. The number of hydrogen-bond acceptors (Lipinski definition) is 4. The molecular formula is C15H17FN2O5. The summed E-state index contributed by atoms with van der Waals surface area (Å²) in [6, 6.07) is 3.08. The Morgan fingerprint density at radius 3 is 2.61 bits per heavy atom. The minimum absolute atomic E-state index is 0.0803. The Bertz CT molecular complexity index is 663. The van der Waals surface area contributed by atoms with E-state index in [9.17, 15) is 18.8 Å². The highest BCUT2D eigenvalue weighted by atomic mass is 19.1. The molecule has 0 aromatic heterocycles. The summed E-state index contributed by atoms with van der Waals surface area (Å²) in [7, 11) is 1.14. The van der Waals surface area contributed by atoms with Gasteiger partial charge in [-0.25, -0.2) is 14.0 Å². The normalized spacial score (nSPS) is 20.2. The fourth-order valence-electron chi connectivity index (χ4n) is 2.38. The molecule has 0 spiro atoms. The van der Waals surface area contributed by atoms with Gasteiger partial charge in [0.1, 0.15) is 5.82 Å². The number of rotatable bonds is 3. The van der Waals surface area contributed by atoms with Crippen LogP contribution >= 0.6 is 0 Å². The Balaban J connectivity index is 2.06. The van der Waals surface area contributed by atoms with Crippen molar-refractivity contribution in [2.45, 2.75) is 13.3 Å². The summed E-state index contributed by atoms with van der Waals surface area (Å²) in [6.07, 6.45) is 0.353. The van der Waals surface area contributed by atoms with E-state index in [0.717, 1.165) is 13.2 Å². The van der Waals surface area contributed by atoms with Crippen LogP contribution in [-0.4, -0.2) is 48.2 Å². The Kier molecular flexibility index (Phi) is 4.53. The van der Waals surface area contributed by atoms with Crippen LogP contribution in [0.4, 0.5) is 14.9 Å². The van der Waals surface area contributed by atoms with Gasteiger partial charge in [-0.05, 0) is 31.5 Å². The highest BCUT2D eigenvalue weighted by molar-refractivity contribution is 5.93. The largest absolute Gasteiger partial charge is 0.481 e. The molecule has 8 heteroatoms. The summed E-state index contributed by atoms with van der Waals surface area (Å²) >= 11 is 0. The third kappa shape index (κ3) is 3.41. The van der Waals surface area contributed by atoms with Crippen LogP contribution < -0.4 is 5.32 Å². The minimum atomic E-state index is -0.975. The van der Waals surface area contributed by atoms with Gasteiger partial charge in [0.2, 0.25) is 0 Å². The predicted octanol–water partition coefficient (Wildman–Crippen LogP) is 1.94. The zero-order chi connectivity index (χ0) is 17.2. The lowest BCUT2D eigenvalue weighted by Gasteiger charge is -2.20. The first-order chi connectivity index (χ1) is 10.8. The molecule has 0 radical (unpaired) electrons. The van der Waals surface area contributed by atoms with Crippen molar-refractivity contribution in [3.63, 3.8) is 0 Å². The molecule has 23 heavy (non-hydrogen) atoms. The quantitative estimate of drug-likeness (QED) is 0.828. The van der Waals surface area contributed by atoms with Crippen molar-refractivity contribution < 1.29 is 28.6 Å². The van der Waals surface area contributed by atoms with Gasteiger partial charge in [-0.3, -0.25) is 4.79 Å². The molecule has 1 aliphatic heterocycles. The number of hydrogen-bond donors (Lipinski definition) is 2. The molecule has 1 aromatic carbocycles. The van der Waals surface area contributed by atoms with Crippen molar-refractivity contribution >= 4 is 23.7 Å². The van der Waals surface area contributed by atoms with Gasteiger partial charge >= 0.3 is 18.0 Å².